The fraction of sp³-hybridized carbons (Fsp3) is 0.227. The van der Waals surface area contributed by atoms with Crippen LogP contribution >= 0.6 is 0 Å². The van der Waals surface area contributed by atoms with Crippen molar-refractivity contribution >= 4 is 23.1 Å². The third kappa shape index (κ3) is 5.28. The van der Waals surface area contributed by atoms with Gasteiger partial charge in [-0.05, 0) is 56.3 Å². The highest BCUT2D eigenvalue weighted by Gasteiger charge is 2.10. The molecule has 0 aliphatic carbocycles. The molecule has 7 heteroatoms. The van der Waals surface area contributed by atoms with E-state index in [2.05, 4.69) is 39.6 Å². The molecule has 2 N–H and O–H groups in total. The topological polar surface area (TPSA) is 70.2 Å². The molecule has 0 aliphatic rings. The Morgan fingerprint density at radius 1 is 0.966 bits per heavy atom. The van der Waals surface area contributed by atoms with Crippen molar-refractivity contribution in [3.05, 3.63) is 77.7 Å². The van der Waals surface area contributed by atoms with Crippen LogP contribution in [0.15, 0.2) is 60.7 Å². The summed E-state index contributed by atoms with van der Waals surface area (Å²) in [5.74, 6) is -0.155. The summed E-state index contributed by atoms with van der Waals surface area (Å²) >= 11 is 0. The molecule has 0 spiro atoms. The Morgan fingerprint density at radius 3 is 2.31 bits per heavy atom. The fourth-order valence-corrected chi connectivity index (χ4v) is 2.91. The first-order valence-electron chi connectivity index (χ1n) is 9.58. The molecule has 0 bridgehead atoms. The van der Waals surface area contributed by atoms with Crippen LogP contribution in [0.25, 0.3) is 0 Å². The van der Waals surface area contributed by atoms with Gasteiger partial charge in [0.05, 0.1) is 0 Å². The van der Waals surface area contributed by atoms with Crippen molar-refractivity contribution in [1.82, 2.24) is 10.2 Å². The van der Waals surface area contributed by atoms with Crippen molar-refractivity contribution in [2.75, 3.05) is 28.6 Å². The zero-order valence-corrected chi connectivity index (χ0v) is 16.5. The van der Waals surface area contributed by atoms with E-state index in [0.29, 0.717) is 17.1 Å². The van der Waals surface area contributed by atoms with E-state index < -0.39 is 0 Å². The zero-order chi connectivity index (χ0) is 20.6. The highest BCUT2D eigenvalue weighted by molar-refractivity contribution is 6.02. The van der Waals surface area contributed by atoms with Crippen molar-refractivity contribution < 1.29 is 9.18 Å². The summed E-state index contributed by atoms with van der Waals surface area (Å²) < 4.78 is 13.6. The van der Waals surface area contributed by atoms with Crippen LogP contribution in [0.1, 0.15) is 29.9 Å². The molecular weight excluding hydrogens is 369 g/mol. The quantitative estimate of drug-likeness (QED) is 0.596. The average molecular weight is 393 g/mol. The lowest BCUT2D eigenvalue weighted by Crippen LogP contribution is -2.21. The molecule has 0 saturated heterocycles. The van der Waals surface area contributed by atoms with Crippen LogP contribution in [0.3, 0.4) is 0 Å². The second-order valence-corrected chi connectivity index (χ2v) is 6.42. The van der Waals surface area contributed by atoms with E-state index in [9.17, 15) is 9.18 Å². The average Bonchev–Trinajstić information content (AvgIpc) is 2.75. The molecule has 2 aromatic carbocycles. The van der Waals surface area contributed by atoms with Gasteiger partial charge in [0.1, 0.15) is 11.6 Å². The lowest BCUT2D eigenvalue weighted by atomic mass is 10.2. The third-order valence-electron chi connectivity index (χ3n) is 4.57. The zero-order valence-electron chi connectivity index (χ0n) is 16.5. The van der Waals surface area contributed by atoms with Crippen molar-refractivity contribution in [2.45, 2.75) is 20.4 Å². The number of hydrogen-bond acceptors (Lipinski definition) is 5. The number of nitrogens with zero attached hydrogens (tertiary/aromatic N) is 3. The summed E-state index contributed by atoms with van der Waals surface area (Å²) in [6.07, 6.45) is 0. The van der Waals surface area contributed by atoms with E-state index in [4.69, 9.17) is 0 Å². The first kappa shape index (κ1) is 20.3. The molecule has 0 fully saturated rings. The van der Waals surface area contributed by atoms with E-state index >= 15 is 0 Å². The molecule has 0 atom stereocenters. The Balaban J connectivity index is 1.58. The molecule has 29 heavy (non-hydrogen) atoms. The highest BCUT2D eigenvalue weighted by Crippen LogP contribution is 2.18. The van der Waals surface area contributed by atoms with Gasteiger partial charge in [-0.1, -0.05) is 18.2 Å². The summed E-state index contributed by atoms with van der Waals surface area (Å²) in [6, 6.07) is 17.4. The van der Waals surface area contributed by atoms with Gasteiger partial charge in [-0.3, -0.25) is 4.79 Å². The largest absolute Gasteiger partial charge is 0.372 e. The van der Waals surface area contributed by atoms with Gasteiger partial charge in [0.25, 0.3) is 5.91 Å². The van der Waals surface area contributed by atoms with Crippen LogP contribution in [0.4, 0.5) is 21.6 Å². The van der Waals surface area contributed by atoms with Crippen LogP contribution in [0.2, 0.25) is 0 Å². The number of carbonyl (C=O) groups excluding carboxylic acids is 1. The first-order chi connectivity index (χ1) is 14.1. The van der Waals surface area contributed by atoms with Gasteiger partial charge in [0.15, 0.2) is 5.69 Å². The number of nitrogens with one attached hydrogen (secondary N) is 2. The molecule has 0 radical (unpaired) electrons. The number of benzene rings is 2. The SMILES string of the molecule is CCN(CC)c1ccc(NC(=O)c2ccc(NCc3ccccc3F)nn2)cc1. The van der Waals surface area contributed by atoms with Crippen molar-refractivity contribution in [2.24, 2.45) is 0 Å². The molecule has 150 valence electrons. The number of rotatable bonds is 8. The maximum absolute atomic E-state index is 13.6. The van der Waals surface area contributed by atoms with E-state index in [-0.39, 0.29) is 24.0 Å². The van der Waals surface area contributed by atoms with E-state index in [1.807, 2.05) is 24.3 Å². The molecule has 3 aromatic rings. The summed E-state index contributed by atoms with van der Waals surface area (Å²) in [4.78, 5) is 14.6. The van der Waals surface area contributed by atoms with Crippen molar-refractivity contribution in [3.8, 4) is 0 Å². The van der Waals surface area contributed by atoms with Crippen LogP contribution in [-0.4, -0.2) is 29.2 Å². The number of halogens is 1. The molecule has 3 rings (SSSR count). The van der Waals surface area contributed by atoms with Gasteiger partial charge in [-0.2, -0.15) is 0 Å². The van der Waals surface area contributed by atoms with E-state index in [1.54, 1.807) is 30.3 Å². The van der Waals surface area contributed by atoms with Crippen LogP contribution in [0, 0.1) is 5.82 Å². The Kier molecular flexibility index (Phi) is 6.73. The van der Waals surface area contributed by atoms with Gasteiger partial charge in [-0.25, -0.2) is 4.39 Å². The smallest absolute Gasteiger partial charge is 0.276 e. The van der Waals surface area contributed by atoms with Gasteiger partial charge in [0.2, 0.25) is 0 Å². The van der Waals surface area contributed by atoms with E-state index in [1.165, 1.54) is 6.07 Å². The highest BCUT2D eigenvalue weighted by atomic mass is 19.1. The minimum absolute atomic E-state index is 0.203. The Morgan fingerprint density at radius 2 is 1.69 bits per heavy atom. The van der Waals surface area contributed by atoms with E-state index in [0.717, 1.165) is 18.8 Å². The maximum atomic E-state index is 13.6. The number of amides is 1. The van der Waals surface area contributed by atoms with Crippen LogP contribution < -0.4 is 15.5 Å². The lowest BCUT2D eigenvalue weighted by molar-refractivity contribution is 0.102. The van der Waals surface area contributed by atoms with Crippen LogP contribution in [0.5, 0.6) is 0 Å². The summed E-state index contributed by atoms with van der Waals surface area (Å²) in [5, 5.41) is 13.8. The number of carbonyl (C=O) groups is 1. The number of aromatic nitrogens is 2. The van der Waals surface area contributed by atoms with Gasteiger partial charge in [0, 0.05) is 36.6 Å². The predicted octanol–water partition coefficient (Wildman–Crippen LogP) is 4.33. The maximum Gasteiger partial charge on any atom is 0.276 e. The number of hydrogen-bond donors (Lipinski definition) is 2. The Bertz CT molecular complexity index is 940. The van der Waals surface area contributed by atoms with Gasteiger partial charge < -0.3 is 15.5 Å². The Labute approximate surface area is 169 Å². The van der Waals surface area contributed by atoms with Crippen molar-refractivity contribution in [3.63, 3.8) is 0 Å². The minimum atomic E-state index is -0.339. The summed E-state index contributed by atoms with van der Waals surface area (Å²) in [7, 11) is 0. The number of anilines is 3. The standard InChI is InChI=1S/C22H24FN5O/c1-3-28(4-2)18-11-9-17(10-12-18)25-22(29)20-13-14-21(27-26-20)24-15-16-7-5-6-8-19(16)23/h5-14H,3-4,15H2,1-2H3,(H,24,27)(H,25,29). The van der Waals surface area contributed by atoms with Crippen LogP contribution in [-0.2, 0) is 6.54 Å². The second-order valence-electron chi connectivity index (χ2n) is 6.42. The van der Waals surface area contributed by atoms with Gasteiger partial charge in [-0.15, -0.1) is 10.2 Å². The molecular formula is C22H24FN5O. The molecule has 0 unspecified atom stereocenters. The summed E-state index contributed by atoms with van der Waals surface area (Å²) in [6.45, 7) is 6.34. The third-order valence-corrected chi connectivity index (χ3v) is 4.57. The molecule has 6 nitrogen and oxygen atoms in total. The first-order valence-corrected chi connectivity index (χ1v) is 9.58. The normalized spacial score (nSPS) is 10.4. The predicted molar refractivity (Wildman–Crippen MR) is 114 cm³/mol. The molecule has 1 aromatic heterocycles. The monoisotopic (exact) mass is 393 g/mol. The van der Waals surface area contributed by atoms with Gasteiger partial charge >= 0.3 is 0 Å². The minimum Gasteiger partial charge on any atom is -0.372 e. The fourth-order valence-electron chi connectivity index (χ4n) is 2.91. The molecule has 1 heterocycles. The Hall–Kier alpha value is -3.48. The molecule has 0 aliphatic heterocycles. The van der Waals surface area contributed by atoms with Crippen molar-refractivity contribution in [1.29, 1.82) is 0 Å². The molecule has 1 amide bonds. The second kappa shape index (κ2) is 9.64. The lowest BCUT2D eigenvalue weighted by Gasteiger charge is -2.21. The molecule has 0 saturated carbocycles. The summed E-state index contributed by atoms with van der Waals surface area (Å²) in [5.41, 5.74) is 2.53.